The van der Waals surface area contributed by atoms with Crippen LogP contribution in [0.5, 0.6) is 5.75 Å². The van der Waals surface area contributed by atoms with E-state index in [1.165, 1.54) is 0 Å². The van der Waals surface area contributed by atoms with E-state index in [0.717, 1.165) is 22.5 Å². The van der Waals surface area contributed by atoms with Crippen LogP contribution in [0.4, 0.5) is 13.2 Å². The smallest absolute Gasteiger partial charge is 0.434 e. The van der Waals surface area contributed by atoms with E-state index in [-0.39, 0.29) is 12.6 Å². The van der Waals surface area contributed by atoms with E-state index in [2.05, 4.69) is 20.6 Å². The number of benzene rings is 1. The molecule has 0 radical (unpaired) electrons. The molecular formula is C17H21F3N4OS. The van der Waals surface area contributed by atoms with Gasteiger partial charge in [0.15, 0.2) is 11.7 Å². The van der Waals surface area contributed by atoms with E-state index in [9.17, 15) is 13.2 Å². The lowest BCUT2D eigenvalue weighted by molar-refractivity contribution is -0.140. The number of ether oxygens (including phenoxy) is 1. The number of para-hydroxylation sites is 1. The lowest BCUT2D eigenvalue weighted by atomic mass is 10.3. The zero-order chi connectivity index (χ0) is 19.0. The lowest BCUT2D eigenvalue weighted by Gasteiger charge is -2.17. The number of aromatic nitrogens is 1. The number of rotatable bonds is 7. The molecule has 2 rings (SSSR count). The fraction of sp³-hybridized carbons (Fsp3) is 0.412. The molecule has 1 unspecified atom stereocenters. The molecule has 2 N–H and O–H groups in total. The lowest BCUT2D eigenvalue weighted by Crippen LogP contribution is -2.41. The molecular weight excluding hydrogens is 365 g/mol. The van der Waals surface area contributed by atoms with Crippen LogP contribution in [0.3, 0.4) is 0 Å². The number of aliphatic imine (C=N–C) groups is 1. The van der Waals surface area contributed by atoms with Gasteiger partial charge in [0, 0.05) is 11.9 Å². The van der Waals surface area contributed by atoms with Crippen LogP contribution in [0, 0.1) is 0 Å². The Bertz CT molecular complexity index is 704. The molecule has 26 heavy (non-hydrogen) atoms. The third-order valence-corrected chi connectivity index (χ3v) is 4.03. The summed E-state index contributed by atoms with van der Waals surface area (Å²) in [6, 6.07) is 9.44. The minimum Gasteiger partial charge on any atom is -0.489 e. The summed E-state index contributed by atoms with van der Waals surface area (Å²) in [5.74, 6) is 1.27. The van der Waals surface area contributed by atoms with Gasteiger partial charge in [-0.1, -0.05) is 18.2 Å². The Morgan fingerprint density at radius 2 is 2.00 bits per heavy atom. The zero-order valence-electron chi connectivity index (χ0n) is 14.5. The molecule has 2 aromatic rings. The quantitative estimate of drug-likeness (QED) is 0.563. The van der Waals surface area contributed by atoms with Crippen molar-refractivity contribution in [2.75, 3.05) is 13.1 Å². The van der Waals surface area contributed by atoms with Crippen molar-refractivity contribution in [3.05, 3.63) is 46.4 Å². The Hall–Kier alpha value is -2.29. The minimum absolute atomic E-state index is 0.0734. The molecule has 0 saturated heterocycles. The maximum absolute atomic E-state index is 12.6. The first-order chi connectivity index (χ1) is 12.4. The maximum Gasteiger partial charge on any atom is 0.434 e. The molecule has 1 atom stereocenters. The van der Waals surface area contributed by atoms with Gasteiger partial charge in [-0.2, -0.15) is 13.2 Å². The van der Waals surface area contributed by atoms with E-state index in [1.807, 2.05) is 44.2 Å². The molecule has 1 aromatic heterocycles. The normalized spacial score (nSPS) is 13.3. The molecule has 1 aromatic carbocycles. The molecule has 0 aliphatic carbocycles. The summed E-state index contributed by atoms with van der Waals surface area (Å²) < 4.78 is 43.5. The van der Waals surface area contributed by atoms with Crippen molar-refractivity contribution < 1.29 is 17.9 Å². The van der Waals surface area contributed by atoms with Gasteiger partial charge >= 0.3 is 6.18 Å². The van der Waals surface area contributed by atoms with Gasteiger partial charge in [-0.15, -0.1) is 11.3 Å². The van der Waals surface area contributed by atoms with Crippen LogP contribution in [0.2, 0.25) is 0 Å². The summed E-state index contributed by atoms with van der Waals surface area (Å²) in [7, 11) is 0. The number of halogens is 3. The van der Waals surface area contributed by atoms with Crippen LogP contribution in [-0.2, 0) is 12.7 Å². The highest BCUT2D eigenvalue weighted by Crippen LogP contribution is 2.30. The SMILES string of the molecule is CCNC(=NCc1nc(C(F)(F)F)cs1)NCC(C)Oc1ccccc1. The molecule has 142 valence electrons. The summed E-state index contributed by atoms with van der Waals surface area (Å²) >= 11 is 0.944. The molecule has 0 spiro atoms. The average Bonchev–Trinajstić information content (AvgIpc) is 3.08. The fourth-order valence-electron chi connectivity index (χ4n) is 2.02. The largest absolute Gasteiger partial charge is 0.489 e. The summed E-state index contributed by atoms with van der Waals surface area (Å²) in [6.45, 7) is 5.02. The van der Waals surface area contributed by atoms with E-state index in [4.69, 9.17) is 4.74 Å². The first kappa shape index (κ1) is 20.0. The van der Waals surface area contributed by atoms with Crippen molar-refractivity contribution in [1.29, 1.82) is 0 Å². The molecule has 5 nitrogen and oxygen atoms in total. The molecule has 0 bridgehead atoms. The van der Waals surface area contributed by atoms with E-state index >= 15 is 0 Å². The van der Waals surface area contributed by atoms with Crippen molar-refractivity contribution in [1.82, 2.24) is 15.6 Å². The van der Waals surface area contributed by atoms with Gasteiger partial charge in [-0.3, -0.25) is 0 Å². The number of guanidine groups is 1. The number of thiazole rings is 1. The molecule has 0 fully saturated rings. The number of hydrogen-bond donors (Lipinski definition) is 2. The van der Waals surface area contributed by atoms with Gasteiger partial charge in [0.05, 0.1) is 13.1 Å². The first-order valence-electron chi connectivity index (χ1n) is 8.14. The minimum atomic E-state index is -4.43. The molecule has 0 aliphatic rings. The number of hydrogen-bond acceptors (Lipinski definition) is 4. The van der Waals surface area contributed by atoms with Crippen LogP contribution in [0.15, 0.2) is 40.7 Å². The van der Waals surface area contributed by atoms with E-state index in [0.29, 0.717) is 24.1 Å². The Kier molecular flexibility index (Phi) is 7.26. The maximum atomic E-state index is 12.6. The topological polar surface area (TPSA) is 58.5 Å². The van der Waals surface area contributed by atoms with E-state index < -0.39 is 11.9 Å². The molecule has 0 saturated carbocycles. The van der Waals surface area contributed by atoms with Crippen molar-refractivity contribution in [3.63, 3.8) is 0 Å². The predicted octanol–water partition coefficient (Wildman–Crippen LogP) is 3.68. The van der Waals surface area contributed by atoms with Gasteiger partial charge in [0.2, 0.25) is 0 Å². The second-order valence-electron chi connectivity index (χ2n) is 5.44. The highest BCUT2D eigenvalue weighted by Gasteiger charge is 2.33. The van der Waals surface area contributed by atoms with Crippen molar-refractivity contribution in [2.45, 2.75) is 32.7 Å². The summed E-state index contributed by atoms with van der Waals surface area (Å²) in [5.41, 5.74) is -0.879. The summed E-state index contributed by atoms with van der Waals surface area (Å²) in [4.78, 5) is 7.85. The van der Waals surface area contributed by atoms with Gasteiger partial charge in [0.1, 0.15) is 16.9 Å². The third kappa shape index (κ3) is 6.55. The number of alkyl halides is 3. The fourth-order valence-corrected chi connectivity index (χ4v) is 2.74. The van der Waals surface area contributed by atoms with Crippen molar-refractivity contribution in [2.24, 2.45) is 4.99 Å². The van der Waals surface area contributed by atoms with Gasteiger partial charge in [-0.05, 0) is 26.0 Å². The monoisotopic (exact) mass is 386 g/mol. The molecule has 9 heteroatoms. The Labute approximate surface area is 154 Å². The van der Waals surface area contributed by atoms with Gasteiger partial charge in [-0.25, -0.2) is 9.98 Å². The summed E-state index contributed by atoms with van der Waals surface area (Å²) in [6.07, 6.45) is -4.54. The molecule has 0 aliphatic heterocycles. The Balaban J connectivity index is 1.88. The van der Waals surface area contributed by atoms with Gasteiger partial charge < -0.3 is 15.4 Å². The van der Waals surface area contributed by atoms with Crippen LogP contribution in [-0.4, -0.2) is 30.1 Å². The second kappa shape index (κ2) is 9.42. The second-order valence-corrected chi connectivity index (χ2v) is 6.38. The van der Waals surface area contributed by atoms with E-state index in [1.54, 1.807) is 0 Å². The van der Waals surface area contributed by atoms with Crippen molar-refractivity contribution in [3.8, 4) is 5.75 Å². The van der Waals surface area contributed by atoms with Crippen molar-refractivity contribution >= 4 is 17.3 Å². The Morgan fingerprint density at radius 3 is 2.62 bits per heavy atom. The number of nitrogens with one attached hydrogen (secondary N) is 2. The average molecular weight is 386 g/mol. The highest BCUT2D eigenvalue weighted by atomic mass is 32.1. The standard InChI is InChI=1S/C17H21F3N4OS/c1-3-21-16(22-9-12(2)25-13-7-5-4-6-8-13)23-10-15-24-14(11-26-15)17(18,19)20/h4-8,11-12H,3,9-10H2,1-2H3,(H2,21,22,23). The van der Waals surface area contributed by atoms with Crippen LogP contribution in [0.25, 0.3) is 0 Å². The Morgan fingerprint density at radius 1 is 1.27 bits per heavy atom. The first-order valence-corrected chi connectivity index (χ1v) is 9.02. The molecule has 0 amide bonds. The summed E-state index contributed by atoms with van der Waals surface area (Å²) in [5, 5.41) is 7.47. The van der Waals surface area contributed by atoms with Crippen LogP contribution in [0.1, 0.15) is 24.5 Å². The third-order valence-electron chi connectivity index (χ3n) is 3.20. The highest BCUT2D eigenvalue weighted by molar-refractivity contribution is 7.09. The molecule has 1 heterocycles. The predicted molar refractivity (Wildman–Crippen MR) is 96.5 cm³/mol. The van der Waals surface area contributed by atoms with Gasteiger partial charge in [0.25, 0.3) is 0 Å². The van der Waals surface area contributed by atoms with Crippen LogP contribution >= 0.6 is 11.3 Å². The van der Waals surface area contributed by atoms with Crippen LogP contribution < -0.4 is 15.4 Å². The number of nitrogens with zero attached hydrogens (tertiary/aromatic N) is 2. The zero-order valence-corrected chi connectivity index (χ0v) is 15.3.